The van der Waals surface area contributed by atoms with Crippen molar-refractivity contribution in [3.8, 4) is 0 Å². The van der Waals surface area contributed by atoms with E-state index in [1.54, 1.807) is 20.8 Å². The molecule has 0 saturated heterocycles. The van der Waals surface area contributed by atoms with Crippen molar-refractivity contribution < 1.29 is 22.7 Å². The summed E-state index contributed by atoms with van der Waals surface area (Å²) in [5.74, 6) is 0.0932. The second kappa shape index (κ2) is 7.31. The molecule has 3 rings (SSSR count). The molecule has 0 unspecified atom stereocenters. The number of halogens is 3. The van der Waals surface area contributed by atoms with Gasteiger partial charge in [0.15, 0.2) is 0 Å². The van der Waals surface area contributed by atoms with Gasteiger partial charge in [0.2, 0.25) is 0 Å². The van der Waals surface area contributed by atoms with Crippen LogP contribution in [0.25, 0.3) is 0 Å². The maximum atomic E-state index is 12.9. The zero-order valence-corrected chi connectivity index (χ0v) is 16.7. The molecular formula is C19H23F3N4O3. The van der Waals surface area contributed by atoms with Gasteiger partial charge in [0.05, 0.1) is 6.54 Å². The van der Waals surface area contributed by atoms with E-state index in [0.717, 1.165) is 16.9 Å². The Balaban J connectivity index is 1.89. The number of fused-ring (bicyclic) bond motifs is 1. The number of hydrogen-bond acceptors (Lipinski definition) is 5. The quantitative estimate of drug-likeness (QED) is 0.725. The lowest BCUT2D eigenvalue weighted by Gasteiger charge is -2.29. The summed E-state index contributed by atoms with van der Waals surface area (Å²) >= 11 is 0. The lowest BCUT2D eigenvalue weighted by atomic mass is 9.94. The van der Waals surface area contributed by atoms with Crippen molar-refractivity contribution in [3.63, 3.8) is 0 Å². The number of pyridine rings is 1. The van der Waals surface area contributed by atoms with Gasteiger partial charge in [0.25, 0.3) is 0 Å². The maximum Gasteiger partial charge on any atom is 0.433 e. The summed E-state index contributed by atoms with van der Waals surface area (Å²) in [5.41, 5.74) is -1.79. The highest BCUT2D eigenvalue weighted by Gasteiger charge is 2.36. The molecule has 2 aromatic rings. The monoisotopic (exact) mass is 412 g/mol. The van der Waals surface area contributed by atoms with Crippen LogP contribution in [0.4, 0.5) is 13.2 Å². The molecule has 158 valence electrons. The molecule has 0 bridgehead atoms. The summed E-state index contributed by atoms with van der Waals surface area (Å²) < 4.78 is 45.9. The lowest BCUT2D eigenvalue weighted by Crippen LogP contribution is -2.39. The minimum atomic E-state index is -4.53. The summed E-state index contributed by atoms with van der Waals surface area (Å²) in [4.78, 5) is 28.9. The predicted octanol–water partition coefficient (Wildman–Crippen LogP) is 2.97. The average Bonchev–Trinajstić information content (AvgIpc) is 2.88. The Morgan fingerprint density at radius 3 is 2.52 bits per heavy atom. The highest BCUT2D eigenvalue weighted by atomic mass is 19.4. The molecule has 29 heavy (non-hydrogen) atoms. The zero-order valence-electron chi connectivity index (χ0n) is 16.7. The van der Waals surface area contributed by atoms with E-state index in [4.69, 9.17) is 4.74 Å². The van der Waals surface area contributed by atoms with Crippen LogP contribution in [0, 0.1) is 5.92 Å². The normalized spacial score (nSPS) is 19.7. The molecular weight excluding hydrogens is 389 g/mol. The van der Waals surface area contributed by atoms with Crippen molar-refractivity contribution in [2.24, 2.45) is 5.92 Å². The molecule has 0 N–H and O–H groups in total. The van der Waals surface area contributed by atoms with Crippen LogP contribution in [0.2, 0.25) is 0 Å². The molecule has 0 amide bonds. The van der Waals surface area contributed by atoms with E-state index in [1.807, 2.05) is 6.92 Å². The highest BCUT2D eigenvalue weighted by molar-refractivity contribution is 5.75. The first kappa shape index (κ1) is 21.1. The zero-order chi connectivity index (χ0) is 21.6. The van der Waals surface area contributed by atoms with E-state index in [0.29, 0.717) is 24.2 Å². The Morgan fingerprint density at radius 2 is 1.97 bits per heavy atom. The maximum absolute atomic E-state index is 12.9. The predicted molar refractivity (Wildman–Crippen MR) is 97.2 cm³/mol. The molecule has 2 atom stereocenters. The van der Waals surface area contributed by atoms with Gasteiger partial charge in [-0.05, 0) is 44.7 Å². The van der Waals surface area contributed by atoms with Crippen molar-refractivity contribution in [2.45, 2.75) is 64.9 Å². The van der Waals surface area contributed by atoms with Crippen LogP contribution in [-0.4, -0.2) is 30.9 Å². The number of aromatic nitrogens is 4. The molecule has 0 aromatic carbocycles. The molecule has 0 spiro atoms. The van der Waals surface area contributed by atoms with Crippen LogP contribution in [0.3, 0.4) is 0 Å². The Hall–Kier alpha value is -2.65. The van der Waals surface area contributed by atoms with Crippen molar-refractivity contribution in [3.05, 3.63) is 45.9 Å². The SMILES string of the molecule is C[C@@H]1Cc2nn(Cc3ccc(C(F)(F)F)nc3)c(=O)n2[C@H](C(=O)OC(C)(C)C)C1. The summed E-state index contributed by atoms with van der Waals surface area (Å²) in [6.45, 7) is 7.18. The van der Waals surface area contributed by atoms with Gasteiger partial charge in [-0.3, -0.25) is 9.55 Å². The number of carbonyl (C=O) groups is 1. The van der Waals surface area contributed by atoms with E-state index < -0.39 is 35.2 Å². The topological polar surface area (TPSA) is 79.0 Å². The minimum absolute atomic E-state index is 0.0423. The van der Waals surface area contributed by atoms with Crippen molar-refractivity contribution in [2.75, 3.05) is 0 Å². The smallest absolute Gasteiger partial charge is 0.433 e. The molecule has 1 aliphatic rings. The van der Waals surface area contributed by atoms with Gasteiger partial charge in [-0.15, -0.1) is 0 Å². The summed E-state index contributed by atoms with van der Waals surface area (Å²) in [7, 11) is 0. The van der Waals surface area contributed by atoms with Gasteiger partial charge in [0, 0.05) is 12.6 Å². The molecule has 0 aliphatic carbocycles. The molecule has 10 heteroatoms. The van der Waals surface area contributed by atoms with Gasteiger partial charge in [-0.25, -0.2) is 14.3 Å². The molecule has 7 nitrogen and oxygen atoms in total. The number of rotatable bonds is 3. The van der Waals surface area contributed by atoms with Crippen LogP contribution in [0.1, 0.15) is 57.2 Å². The molecule has 0 radical (unpaired) electrons. The third-order valence-electron chi connectivity index (χ3n) is 4.54. The first-order valence-electron chi connectivity index (χ1n) is 9.28. The third-order valence-corrected chi connectivity index (χ3v) is 4.54. The number of esters is 1. The summed E-state index contributed by atoms with van der Waals surface area (Å²) in [6, 6.07) is 1.34. The van der Waals surface area contributed by atoms with Gasteiger partial charge in [0.1, 0.15) is 23.2 Å². The van der Waals surface area contributed by atoms with Crippen LogP contribution in [0.5, 0.6) is 0 Å². The lowest BCUT2D eigenvalue weighted by molar-refractivity contribution is -0.160. The Kier molecular flexibility index (Phi) is 5.31. The second-order valence-electron chi connectivity index (χ2n) is 8.37. The van der Waals surface area contributed by atoms with E-state index in [-0.39, 0.29) is 12.5 Å². The molecule has 1 aliphatic heterocycles. The first-order chi connectivity index (χ1) is 13.3. The van der Waals surface area contributed by atoms with Crippen molar-refractivity contribution in [1.82, 2.24) is 19.3 Å². The standard InChI is InChI=1S/C19H23F3N4O3/c1-11-7-13(16(27)29-18(2,3)4)26-15(8-11)24-25(17(26)28)10-12-5-6-14(23-9-12)19(20,21)22/h5-6,9,11,13H,7-8,10H2,1-4H3/t11-,13-/m0/s1. The largest absolute Gasteiger partial charge is 0.458 e. The Labute approximate surface area is 165 Å². The van der Waals surface area contributed by atoms with E-state index in [1.165, 1.54) is 10.6 Å². The molecule has 0 saturated carbocycles. The van der Waals surface area contributed by atoms with E-state index in [9.17, 15) is 22.8 Å². The highest BCUT2D eigenvalue weighted by Crippen LogP contribution is 2.29. The number of hydrogen-bond donors (Lipinski definition) is 0. The van der Waals surface area contributed by atoms with Crippen LogP contribution in [-0.2, 0) is 28.7 Å². The van der Waals surface area contributed by atoms with Crippen LogP contribution < -0.4 is 5.69 Å². The number of carbonyl (C=O) groups excluding carboxylic acids is 1. The van der Waals surface area contributed by atoms with Gasteiger partial charge in [-0.2, -0.15) is 18.3 Å². The van der Waals surface area contributed by atoms with Crippen molar-refractivity contribution >= 4 is 5.97 Å². The average molecular weight is 412 g/mol. The second-order valence-corrected chi connectivity index (χ2v) is 8.37. The van der Waals surface area contributed by atoms with Crippen LogP contribution in [0.15, 0.2) is 23.1 Å². The van der Waals surface area contributed by atoms with Gasteiger partial charge in [-0.1, -0.05) is 13.0 Å². The van der Waals surface area contributed by atoms with Crippen molar-refractivity contribution in [1.29, 1.82) is 0 Å². The fourth-order valence-electron chi connectivity index (χ4n) is 3.33. The molecule has 0 fully saturated rings. The summed E-state index contributed by atoms with van der Waals surface area (Å²) in [6.07, 6.45) is -2.48. The number of nitrogens with zero attached hydrogens (tertiary/aromatic N) is 4. The Morgan fingerprint density at radius 1 is 1.28 bits per heavy atom. The van der Waals surface area contributed by atoms with E-state index in [2.05, 4.69) is 10.1 Å². The third kappa shape index (κ3) is 4.68. The first-order valence-corrected chi connectivity index (χ1v) is 9.28. The van der Waals surface area contributed by atoms with E-state index >= 15 is 0 Å². The van der Waals surface area contributed by atoms with Crippen LogP contribution >= 0.6 is 0 Å². The minimum Gasteiger partial charge on any atom is -0.458 e. The van der Waals surface area contributed by atoms with Gasteiger partial charge < -0.3 is 4.74 Å². The summed E-state index contributed by atoms with van der Waals surface area (Å²) in [5, 5.41) is 4.31. The Bertz CT molecular complexity index is 955. The molecule has 2 aromatic heterocycles. The molecule has 3 heterocycles. The fourth-order valence-corrected chi connectivity index (χ4v) is 3.33. The number of alkyl halides is 3. The number of ether oxygens (including phenoxy) is 1. The fraction of sp³-hybridized carbons (Fsp3) is 0.579. The van der Waals surface area contributed by atoms with Gasteiger partial charge >= 0.3 is 17.8 Å².